The van der Waals surface area contributed by atoms with Crippen molar-refractivity contribution in [1.29, 1.82) is 10.8 Å². The number of nitrogens with zero attached hydrogens (tertiary/aromatic N) is 1. The molecule has 37 nitrogen and oxygen atoms in total. The molecule has 7 rings (SSSR count). The Kier molecular flexibility index (Phi) is 31.9. The van der Waals surface area contributed by atoms with Gasteiger partial charge in [0.1, 0.15) is 79.6 Å². The van der Waals surface area contributed by atoms with Crippen molar-refractivity contribution in [2.24, 2.45) is 17.2 Å². The molecule has 13 amide bonds. The fourth-order valence-electron chi connectivity index (χ4n) is 13.2. The highest BCUT2D eigenvalue weighted by Gasteiger charge is 2.42. The van der Waals surface area contributed by atoms with Crippen LogP contribution in [0.15, 0.2) is 78.9 Å². The molecule has 3 aliphatic rings. The molecule has 0 spiro atoms. The predicted molar refractivity (Wildman–Crippen MR) is 395 cm³/mol. The molecule has 11 atom stereocenters. The molecule has 590 valence electrons. The van der Waals surface area contributed by atoms with Crippen LogP contribution in [0.3, 0.4) is 0 Å². The Bertz CT molecular complexity index is 3910. The number of carbonyl (C=O) groups excluding carboxylic acids is 13. The summed E-state index contributed by atoms with van der Waals surface area (Å²) in [5, 5.41) is 69.9. The fourth-order valence-corrected chi connectivity index (χ4v) is 13.2. The number of ether oxygens (including phenoxy) is 1. The fraction of sp³-hybridized carbons (Fsp3) is 0.500. The minimum atomic E-state index is -2.02. The number of hydrogen-bond donors (Lipinski definition) is 21. The lowest BCUT2D eigenvalue weighted by Gasteiger charge is -2.30. The van der Waals surface area contributed by atoms with E-state index in [1.54, 1.807) is 44.2 Å². The van der Waals surface area contributed by atoms with E-state index in [1.165, 1.54) is 6.92 Å². The van der Waals surface area contributed by atoms with Gasteiger partial charge in [-0.1, -0.05) is 93.4 Å². The van der Waals surface area contributed by atoms with E-state index >= 15 is 0 Å². The first-order valence-electron chi connectivity index (χ1n) is 36.4. The monoisotopic (exact) mass is 1520 g/mol. The predicted octanol–water partition coefficient (Wildman–Crippen LogP) is -2.63. The number of hydrogen-bond acceptors (Lipinski definition) is 18. The SMILES string of the molecule is CCC[C@H](NC(=O)CNC(=O)OCC1c2ccccc2-c2ccccc21)C(=O)N[C@H]1CCC[C@@H](C(N)=O)NC(=O)[C@H](CCCNC(=N)N)NC(=O)[C@H](Cc2cc3ccccc3[nH]2)NC(=O)[C@H](C)NC(=O)[C@H](CCC)NC(=O)[C@H](CCCNC(=N)N)NC(=O)C2CCCN2C(=O)[C@H](CC(=O)O)NC(=O)[C@H](CO)NC1=O. The average Bonchev–Trinajstić information content (AvgIpc) is 1.61. The van der Waals surface area contributed by atoms with E-state index < -0.39 is 194 Å². The smallest absolute Gasteiger partial charge is 0.407 e. The molecule has 0 radical (unpaired) electrons. The molecule has 1 aliphatic carbocycles. The molecule has 109 heavy (non-hydrogen) atoms. The van der Waals surface area contributed by atoms with Crippen molar-refractivity contribution in [3.8, 4) is 11.1 Å². The van der Waals surface area contributed by atoms with Gasteiger partial charge in [0, 0.05) is 43.2 Å². The minimum absolute atomic E-state index is 0.00308. The van der Waals surface area contributed by atoms with Gasteiger partial charge < -0.3 is 111 Å². The van der Waals surface area contributed by atoms with E-state index in [1.807, 2.05) is 48.5 Å². The lowest BCUT2D eigenvalue weighted by molar-refractivity contribution is -0.146. The summed E-state index contributed by atoms with van der Waals surface area (Å²) < 4.78 is 5.58. The second kappa shape index (κ2) is 41.3. The number of rotatable bonds is 25. The van der Waals surface area contributed by atoms with Crippen LogP contribution >= 0.6 is 0 Å². The maximum atomic E-state index is 14.8. The van der Waals surface area contributed by atoms with Crippen LogP contribution in [0.1, 0.15) is 133 Å². The number of para-hydroxylation sites is 1. The van der Waals surface area contributed by atoms with Gasteiger partial charge >= 0.3 is 12.1 Å². The number of benzene rings is 3. The number of aliphatic hydroxyl groups is 1. The van der Waals surface area contributed by atoms with E-state index in [2.05, 4.69) is 74.1 Å². The van der Waals surface area contributed by atoms with Gasteiger partial charge in [-0.2, -0.15) is 0 Å². The Labute approximate surface area is 628 Å². The number of amides is 13. The van der Waals surface area contributed by atoms with E-state index in [0.29, 0.717) is 17.6 Å². The van der Waals surface area contributed by atoms with E-state index in [-0.39, 0.29) is 103 Å². The first-order chi connectivity index (χ1) is 52.1. The zero-order valence-electron chi connectivity index (χ0n) is 61.0. The number of aliphatic carboxylic acids is 1. The summed E-state index contributed by atoms with van der Waals surface area (Å²) in [6, 6.07) is 6.70. The Balaban J connectivity index is 1.19. The molecule has 1 aromatic heterocycles. The van der Waals surface area contributed by atoms with Gasteiger partial charge in [-0.25, -0.2) is 4.79 Å². The first kappa shape index (κ1) is 84.3. The van der Waals surface area contributed by atoms with Crippen molar-refractivity contribution >= 4 is 106 Å². The zero-order chi connectivity index (χ0) is 79.4. The van der Waals surface area contributed by atoms with Gasteiger partial charge in [-0.05, 0) is 117 Å². The summed E-state index contributed by atoms with van der Waals surface area (Å²) in [5.74, 6) is -14.9. The number of nitrogens with one attached hydrogen (secondary N) is 16. The zero-order valence-corrected chi connectivity index (χ0v) is 61.0. The van der Waals surface area contributed by atoms with E-state index in [0.717, 1.165) is 32.5 Å². The van der Waals surface area contributed by atoms with Crippen LogP contribution in [0.25, 0.3) is 22.0 Å². The molecule has 24 N–H and O–H groups in total. The Hall–Kier alpha value is -11.9. The topological polar surface area (TPSA) is 590 Å². The third-order valence-electron chi connectivity index (χ3n) is 18.7. The van der Waals surface area contributed by atoms with Gasteiger partial charge in [0.05, 0.1) is 13.0 Å². The number of guanidine groups is 2. The number of carboxylic acids is 1. The van der Waals surface area contributed by atoms with Crippen LogP contribution in [-0.2, 0) is 73.5 Å². The van der Waals surface area contributed by atoms with Crippen LogP contribution in [0.2, 0.25) is 0 Å². The van der Waals surface area contributed by atoms with Crippen molar-refractivity contribution in [1.82, 2.24) is 79.0 Å². The van der Waals surface area contributed by atoms with Crippen LogP contribution in [-0.4, -0.2) is 221 Å². The minimum Gasteiger partial charge on any atom is -0.481 e. The van der Waals surface area contributed by atoms with Gasteiger partial charge in [-0.15, -0.1) is 0 Å². The molecule has 2 saturated heterocycles. The van der Waals surface area contributed by atoms with Crippen molar-refractivity contribution in [2.75, 3.05) is 39.4 Å². The maximum Gasteiger partial charge on any atom is 0.407 e. The van der Waals surface area contributed by atoms with Crippen LogP contribution in [0.4, 0.5) is 4.79 Å². The summed E-state index contributed by atoms with van der Waals surface area (Å²) in [4.78, 5) is 202. The van der Waals surface area contributed by atoms with E-state index in [9.17, 15) is 77.3 Å². The summed E-state index contributed by atoms with van der Waals surface area (Å²) >= 11 is 0. The van der Waals surface area contributed by atoms with Crippen molar-refractivity contribution < 1.29 is 82.1 Å². The number of aromatic nitrogens is 1. The summed E-state index contributed by atoms with van der Waals surface area (Å²) in [6.07, 6.45) is -3.05. The lowest BCUT2D eigenvalue weighted by atomic mass is 9.98. The normalized spacial score (nSPS) is 22.6. The van der Waals surface area contributed by atoms with Crippen LogP contribution < -0.4 is 86.3 Å². The average molecular weight is 1520 g/mol. The standard InChI is InChI=1S/C72H100N20O17/c1-4-16-48(83-57(94)35-80-72(108)109-37-45-43-21-9-7-19-41(43)42-20-8-10-22-44(42)45)62(100)86-50-25-12-24-47(59(73)97)84-63(101)51(26-13-29-78-70(74)75)87-66(104)53(33-40-32-39-18-6-11-23-46(39)82-40)89-60(98)38(3)81-61(99)49(17-5-2)85-64(102)52(27-14-30-79-71(76)77)88-68(106)56-28-15-31-92(56)69(107)54(34-58(95)96)90-67(105)55(36-93)91-65(50)103/h6-11,18-23,32,38,45,47-56,82,93H,4-5,12-17,24-31,33-37H2,1-3H3,(H2,73,97)(H,80,108)(H,81,99)(H,83,94)(H,84,101)(H,85,102)(H,86,100)(H,87,104)(H,88,106)(H,89,98)(H,90,105)(H,91,103)(H,95,96)(H4,74,75,78)(H4,76,77,79)/t38-,47-,48-,49-,50-,51-,52-,53-,54-,55-,56?/m0/s1. The second-order valence-corrected chi connectivity index (χ2v) is 27.0. The molecule has 0 saturated carbocycles. The number of alkyl carbamates (subject to hydrolysis) is 1. The highest BCUT2D eigenvalue weighted by molar-refractivity contribution is 6.00. The number of aliphatic hydroxyl groups excluding tert-OH is 1. The third-order valence-corrected chi connectivity index (χ3v) is 18.7. The molecule has 3 aromatic carbocycles. The summed E-state index contributed by atoms with van der Waals surface area (Å²) in [5.41, 5.74) is 21.9. The van der Waals surface area contributed by atoms with Gasteiger partial charge in [0.15, 0.2) is 11.9 Å². The van der Waals surface area contributed by atoms with Crippen LogP contribution in [0.5, 0.6) is 0 Å². The van der Waals surface area contributed by atoms with Gasteiger partial charge in [-0.3, -0.25) is 73.1 Å². The number of carboxylic acid groups (broad SMARTS) is 1. The maximum absolute atomic E-state index is 14.8. The van der Waals surface area contributed by atoms with Gasteiger partial charge in [0.2, 0.25) is 70.9 Å². The molecule has 1 unspecified atom stereocenters. The number of H-pyrrole nitrogens is 1. The number of carbonyl (C=O) groups is 14. The Morgan fingerprint density at radius 3 is 1.76 bits per heavy atom. The van der Waals surface area contributed by atoms with Crippen molar-refractivity contribution in [3.05, 3.63) is 95.7 Å². The number of nitrogens with two attached hydrogens (primary N) is 3. The molecule has 2 aliphatic heterocycles. The number of primary amides is 1. The molecule has 3 heterocycles. The van der Waals surface area contributed by atoms with Crippen molar-refractivity contribution in [3.63, 3.8) is 0 Å². The number of aromatic amines is 1. The molecule has 2 fully saturated rings. The second-order valence-electron chi connectivity index (χ2n) is 27.0. The molecule has 37 heteroatoms. The third kappa shape index (κ3) is 24.8. The Morgan fingerprint density at radius 2 is 1.17 bits per heavy atom. The highest BCUT2D eigenvalue weighted by Crippen LogP contribution is 2.44. The summed E-state index contributed by atoms with van der Waals surface area (Å²) in [6.45, 7) is 2.59. The quantitative estimate of drug-likeness (QED) is 0.0183. The highest BCUT2D eigenvalue weighted by atomic mass is 16.5. The van der Waals surface area contributed by atoms with Crippen molar-refractivity contribution in [2.45, 2.75) is 189 Å². The molecular formula is C72H100N20O17. The molecule has 4 aromatic rings. The molecular weight excluding hydrogens is 1420 g/mol. The largest absolute Gasteiger partial charge is 0.481 e. The molecule has 0 bridgehead atoms. The van der Waals surface area contributed by atoms with Gasteiger partial charge in [0.25, 0.3) is 0 Å². The van der Waals surface area contributed by atoms with Crippen LogP contribution in [0, 0.1) is 10.8 Å². The Morgan fingerprint density at radius 1 is 0.615 bits per heavy atom. The number of fused-ring (bicyclic) bond motifs is 5. The van der Waals surface area contributed by atoms with E-state index in [4.69, 9.17) is 32.8 Å². The lowest BCUT2D eigenvalue weighted by Crippen LogP contribution is -2.61. The summed E-state index contributed by atoms with van der Waals surface area (Å²) in [7, 11) is 0. The first-order valence-corrected chi connectivity index (χ1v) is 36.4.